The molecule has 15 heavy (non-hydrogen) atoms. The molecule has 2 unspecified atom stereocenters. The summed E-state index contributed by atoms with van der Waals surface area (Å²) in [5, 5.41) is 18.3. The lowest BCUT2D eigenvalue weighted by atomic mass is 9.83. The highest BCUT2D eigenvalue weighted by Crippen LogP contribution is 2.27. The van der Waals surface area contributed by atoms with Crippen molar-refractivity contribution in [1.82, 2.24) is 0 Å². The van der Waals surface area contributed by atoms with Gasteiger partial charge >= 0.3 is 5.97 Å². The first-order chi connectivity index (χ1) is 6.61. The third-order valence-corrected chi connectivity index (χ3v) is 3.01. The Morgan fingerprint density at radius 1 is 1.33 bits per heavy atom. The number of halogens is 1. The Morgan fingerprint density at radius 3 is 2.33 bits per heavy atom. The molecule has 1 rings (SSSR count). The smallest absolute Gasteiger partial charge is 0.320 e. The Labute approximate surface area is 96.3 Å². The zero-order valence-corrected chi connectivity index (χ0v) is 9.58. The molecule has 0 saturated heterocycles. The Hall–Kier alpha value is -0.320. The molecule has 0 amide bonds. The molecule has 0 bridgehead atoms. The lowest BCUT2D eigenvalue weighted by molar-refractivity contribution is -0.139. The highest BCUT2D eigenvalue weighted by atomic mass is 35.5. The average molecular weight is 238 g/mol. The summed E-state index contributed by atoms with van der Waals surface area (Å²) in [6, 6.07) is -0.924. The molecule has 5 heteroatoms. The molecule has 0 aliphatic heterocycles. The summed E-state index contributed by atoms with van der Waals surface area (Å²) in [4.78, 5) is 10.5. The lowest BCUT2D eigenvalue weighted by Crippen LogP contribution is -2.37. The van der Waals surface area contributed by atoms with Crippen molar-refractivity contribution in [2.75, 3.05) is 0 Å². The van der Waals surface area contributed by atoms with Crippen molar-refractivity contribution in [2.45, 2.75) is 50.7 Å². The van der Waals surface area contributed by atoms with Gasteiger partial charge in [-0.1, -0.05) is 19.3 Å². The number of carbonyl (C=O) groups is 1. The van der Waals surface area contributed by atoms with Crippen LogP contribution in [0.3, 0.4) is 0 Å². The Balaban J connectivity index is 0.00000196. The number of carboxylic acids is 1. The molecule has 4 N–H and O–H groups in total. The van der Waals surface area contributed by atoms with E-state index in [1.807, 2.05) is 0 Å². The van der Waals surface area contributed by atoms with Gasteiger partial charge in [-0.3, -0.25) is 4.79 Å². The number of aliphatic hydroxyl groups is 1. The summed E-state index contributed by atoms with van der Waals surface area (Å²) < 4.78 is 0. The summed E-state index contributed by atoms with van der Waals surface area (Å²) in [7, 11) is 0. The predicted octanol–water partition coefficient (Wildman–Crippen LogP) is 1.15. The molecule has 1 fully saturated rings. The second-order valence-electron chi connectivity index (χ2n) is 4.15. The predicted molar refractivity (Wildman–Crippen MR) is 60.1 cm³/mol. The van der Waals surface area contributed by atoms with Crippen LogP contribution in [0.25, 0.3) is 0 Å². The van der Waals surface area contributed by atoms with E-state index in [0.717, 1.165) is 25.7 Å². The van der Waals surface area contributed by atoms with Crippen LogP contribution in [0.2, 0.25) is 0 Å². The first kappa shape index (κ1) is 14.7. The average Bonchev–Trinajstić information content (AvgIpc) is 2.19. The van der Waals surface area contributed by atoms with Gasteiger partial charge in [0.15, 0.2) is 0 Å². The molecule has 0 radical (unpaired) electrons. The molecule has 1 aliphatic rings. The van der Waals surface area contributed by atoms with Crippen LogP contribution in [0.5, 0.6) is 0 Å². The number of hydrogen-bond donors (Lipinski definition) is 3. The van der Waals surface area contributed by atoms with E-state index in [0.29, 0.717) is 0 Å². The van der Waals surface area contributed by atoms with Gasteiger partial charge in [0.05, 0.1) is 6.10 Å². The maximum absolute atomic E-state index is 10.5. The monoisotopic (exact) mass is 237 g/mol. The van der Waals surface area contributed by atoms with Crippen LogP contribution in [0.15, 0.2) is 0 Å². The molecular weight excluding hydrogens is 218 g/mol. The lowest BCUT2D eigenvalue weighted by Gasteiger charge is -2.27. The summed E-state index contributed by atoms with van der Waals surface area (Å²) >= 11 is 0. The Bertz CT molecular complexity index is 195. The van der Waals surface area contributed by atoms with Crippen LogP contribution in [0.1, 0.15) is 38.5 Å². The molecule has 1 saturated carbocycles. The summed E-state index contributed by atoms with van der Waals surface area (Å²) in [6.07, 6.45) is 5.17. The van der Waals surface area contributed by atoms with Crippen LogP contribution in [-0.2, 0) is 4.79 Å². The number of aliphatic carboxylic acids is 1. The second kappa shape index (κ2) is 7.04. The highest BCUT2D eigenvalue weighted by Gasteiger charge is 2.25. The molecule has 0 aromatic carbocycles. The van der Waals surface area contributed by atoms with Gasteiger partial charge in [0, 0.05) is 0 Å². The van der Waals surface area contributed by atoms with Gasteiger partial charge in [0.2, 0.25) is 0 Å². The van der Waals surface area contributed by atoms with Crippen molar-refractivity contribution in [3.8, 4) is 0 Å². The molecule has 1 aliphatic carbocycles. The van der Waals surface area contributed by atoms with Crippen LogP contribution in [0.4, 0.5) is 0 Å². The number of aliphatic hydroxyl groups excluding tert-OH is 1. The number of nitrogens with two attached hydrogens (primary N) is 1. The van der Waals surface area contributed by atoms with E-state index in [4.69, 9.17) is 10.8 Å². The molecule has 90 valence electrons. The van der Waals surface area contributed by atoms with Gasteiger partial charge in [-0.2, -0.15) is 0 Å². The van der Waals surface area contributed by atoms with E-state index in [9.17, 15) is 9.90 Å². The standard InChI is InChI=1S/C10H19NO3.ClH/c11-8(10(13)14)6-9(12)7-4-2-1-3-5-7;/h7-9,12H,1-6,11H2,(H,13,14);1H. The van der Waals surface area contributed by atoms with Crippen LogP contribution in [-0.4, -0.2) is 28.3 Å². The van der Waals surface area contributed by atoms with Crippen molar-refractivity contribution >= 4 is 18.4 Å². The minimum Gasteiger partial charge on any atom is -0.480 e. The van der Waals surface area contributed by atoms with Crippen molar-refractivity contribution in [3.05, 3.63) is 0 Å². The minimum absolute atomic E-state index is 0. The van der Waals surface area contributed by atoms with Gasteiger partial charge < -0.3 is 15.9 Å². The van der Waals surface area contributed by atoms with E-state index < -0.39 is 18.1 Å². The third-order valence-electron chi connectivity index (χ3n) is 3.01. The Kier molecular flexibility index (Phi) is 6.89. The topological polar surface area (TPSA) is 83.5 Å². The molecule has 0 aromatic heterocycles. The second-order valence-corrected chi connectivity index (χ2v) is 4.15. The summed E-state index contributed by atoms with van der Waals surface area (Å²) in [6.45, 7) is 0. The van der Waals surface area contributed by atoms with E-state index in [1.165, 1.54) is 6.42 Å². The molecular formula is C10H20ClNO3. The number of hydrogen-bond acceptors (Lipinski definition) is 3. The zero-order valence-electron chi connectivity index (χ0n) is 8.76. The van der Waals surface area contributed by atoms with Crippen molar-refractivity contribution in [3.63, 3.8) is 0 Å². The number of carboxylic acid groups (broad SMARTS) is 1. The fourth-order valence-electron chi connectivity index (χ4n) is 2.07. The van der Waals surface area contributed by atoms with Crippen molar-refractivity contribution in [2.24, 2.45) is 11.7 Å². The zero-order chi connectivity index (χ0) is 10.6. The van der Waals surface area contributed by atoms with Gasteiger partial charge in [0.25, 0.3) is 0 Å². The summed E-state index contributed by atoms with van der Waals surface area (Å²) in [5.74, 6) is -0.769. The molecule has 0 heterocycles. The van der Waals surface area contributed by atoms with Crippen LogP contribution in [0, 0.1) is 5.92 Å². The van der Waals surface area contributed by atoms with E-state index in [2.05, 4.69) is 0 Å². The first-order valence-electron chi connectivity index (χ1n) is 5.27. The van der Waals surface area contributed by atoms with Gasteiger partial charge in [0.1, 0.15) is 6.04 Å². The van der Waals surface area contributed by atoms with E-state index in [1.54, 1.807) is 0 Å². The Morgan fingerprint density at radius 2 is 1.87 bits per heavy atom. The van der Waals surface area contributed by atoms with Gasteiger partial charge in [-0.05, 0) is 25.2 Å². The van der Waals surface area contributed by atoms with Gasteiger partial charge in [-0.15, -0.1) is 12.4 Å². The SMILES string of the molecule is Cl.NC(CC(O)C1CCCCC1)C(=O)O. The molecule has 0 spiro atoms. The van der Waals surface area contributed by atoms with Crippen molar-refractivity contribution in [1.29, 1.82) is 0 Å². The largest absolute Gasteiger partial charge is 0.480 e. The molecule has 0 aromatic rings. The fraction of sp³-hybridized carbons (Fsp3) is 0.900. The minimum atomic E-state index is -1.03. The van der Waals surface area contributed by atoms with Crippen LogP contribution < -0.4 is 5.73 Å². The first-order valence-corrected chi connectivity index (χ1v) is 5.27. The van der Waals surface area contributed by atoms with Crippen molar-refractivity contribution < 1.29 is 15.0 Å². The normalized spacial score (nSPS) is 21.5. The molecule has 2 atom stereocenters. The molecule has 4 nitrogen and oxygen atoms in total. The quantitative estimate of drug-likeness (QED) is 0.685. The third kappa shape index (κ3) is 4.82. The fourth-order valence-corrected chi connectivity index (χ4v) is 2.07. The maximum Gasteiger partial charge on any atom is 0.320 e. The van der Waals surface area contributed by atoms with Crippen LogP contribution >= 0.6 is 12.4 Å². The van der Waals surface area contributed by atoms with E-state index >= 15 is 0 Å². The highest BCUT2D eigenvalue weighted by molar-refractivity contribution is 5.85. The summed E-state index contributed by atoms with van der Waals surface area (Å²) in [5.41, 5.74) is 5.36. The maximum atomic E-state index is 10.5. The number of rotatable bonds is 4. The van der Waals surface area contributed by atoms with E-state index in [-0.39, 0.29) is 24.7 Å². The van der Waals surface area contributed by atoms with Gasteiger partial charge in [-0.25, -0.2) is 0 Å².